The second-order valence-corrected chi connectivity index (χ2v) is 5.28. The lowest BCUT2D eigenvalue weighted by atomic mass is 9.99. The first-order valence-electron chi connectivity index (χ1n) is 7.04. The predicted molar refractivity (Wildman–Crippen MR) is 80.9 cm³/mol. The van der Waals surface area contributed by atoms with Crippen LogP contribution in [0, 0.1) is 12.7 Å². The van der Waals surface area contributed by atoms with Gasteiger partial charge in [-0.2, -0.15) is 0 Å². The summed E-state index contributed by atoms with van der Waals surface area (Å²) in [5, 5.41) is 6.21. The first kappa shape index (κ1) is 13.8. The maximum absolute atomic E-state index is 13.3. The van der Waals surface area contributed by atoms with Gasteiger partial charge < -0.3 is 10.6 Å². The summed E-state index contributed by atoms with van der Waals surface area (Å²) in [5.41, 5.74) is 4.30. The number of aryl methyl sites for hydroxylation is 1. The minimum atomic E-state index is -0.400. The number of anilines is 1. The molecule has 2 aromatic rings. The number of benzene rings is 2. The van der Waals surface area contributed by atoms with E-state index in [1.54, 1.807) is 13.0 Å². The molecule has 2 N–H and O–H groups in total. The molecule has 0 aromatic heterocycles. The van der Waals surface area contributed by atoms with Crippen molar-refractivity contribution in [2.75, 3.05) is 11.9 Å². The van der Waals surface area contributed by atoms with Crippen LogP contribution in [0.2, 0.25) is 0 Å². The number of fused-ring (bicyclic) bond motifs is 1. The van der Waals surface area contributed by atoms with Gasteiger partial charge in [-0.25, -0.2) is 4.39 Å². The van der Waals surface area contributed by atoms with E-state index in [4.69, 9.17) is 0 Å². The topological polar surface area (TPSA) is 41.1 Å². The molecule has 0 bridgehead atoms. The van der Waals surface area contributed by atoms with Crippen LogP contribution in [0.1, 0.15) is 27.0 Å². The fourth-order valence-corrected chi connectivity index (χ4v) is 2.66. The number of amides is 1. The Morgan fingerprint density at radius 3 is 3.00 bits per heavy atom. The molecule has 0 radical (unpaired) electrons. The summed E-state index contributed by atoms with van der Waals surface area (Å²) in [6.07, 6.45) is 0.956. The molecule has 1 amide bonds. The average molecular weight is 284 g/mol. The Morgan fingerprint density at radius 1 is 1.29 bits per heavy atom. The van der Waals surface area contributed by atoms with Crippen molar-refractivity contribution in [3.8, 4) is 0 Å². The molecule has 2 aromatic carbocycles. The summed E-state index contributed by atoms with van der Waals surface area (Å²) < 4.78 is 13.3. The number of nitrogens with one attached hydrogen (secondary N) is 2. The molecule has 1 heterocycles. The fourth-order valence-electron chi connectivity index (χ4n) is 2.66. The first-order valence-corrected chi connectivity index (χ1v) is 7.04. The molecular formula is C17H17FN2O. The highest BCUT2D eigenvalue weighted by Crippen LogP contribution is 2.24. The molecule has 4 heteroatoms. The average Bonchev–Trinajstić information content (AvgIpc) is 2.50. The second-order valence-electron chi connectivity index (χ2n) is 5.28. The molecule has 0 spiro atoms. The highest BCUT2D eigenvalue weighted by Gasteiger charge is 2.16. The minimum absolute atomic E-state index is 0.272. The van der Waals surface area contributed by atoms with Gasteiger partial charge in [0.15, 0.2) is 0 Å². The number of hydrogen-bond acceptors (Lipinski definition) is 2. The molecular weight excluding hydrogens is 267 g/mol. The van der Waals surface area contributed by atoms with Crippen LogP contribution in [-0.4, -0.2) is 12.5 Å². The molecule has 1 aliphatic rings. The Hall–Kier alpha value is -2.20. The molecule has 3 rings (SSSR count). The van der Waals surface area contributed by atoms with E-state index in [9.17, 15) is 9.18 Å². The molecule has 0 saturated carbocycles. The summed E-state index contributed by atoms with van der Waals surface area (Å²) in [6, 6.07) is 10.2. The van der Waals surface area contributed by atoms with Crippen LogP contribution in [0.4, 0.5) is 10.1 Å². The van der Waals surface area contributed by atoms with E-state index in [1.807, 2.05) is 12.1 Å². The van der Waals surface area contributed by atoms with Crippen LogP contribution in [-0.2, 0) is 13.0 Å². The Bertz CT molecular complexity index is 697. The van der Waals surface area contributed by atoms with E-state index in [0.29, 0.717) is 5.56 Å². The fraction of sp³-hybridized carbons (Fsp3) is 0.235. The summed E-state index contributed by atoms with van der Waals surface area (Å²) in [7, 11) is 0. The van der Waals surface area contributed by atoms with Crippen LogP contribution in [0.15, 0.2) is 36.4 Å². The van der Waals surface area contributed by atoms with Gasteiger partial charge >= 0.3 is 0 Å². The van der Waals surface area contributed by atoms with Gasteiger partial charge in [-0.3, -0.25) is 4.79 Å². The third-order valence-electron chi connectivity index (χ3n) is 3.84. The predicted octanol–water partition coefficient (Wildman–Crippen LogP) is 3.03. The molecule has 1 aliphatic heterocycles. The van der Waals surface area contributed by atoms with Crippen molar-refractivity contribution in [3.05, 3.63) is 64.5 Å². The minimum Gasteiger partial charge on any atom is -0.322 e. The third kappa shape index (κ3) is 2.81. The number of halogens is 1. The van der Waals surface area contributed by atoms with Crippen molar-refractivity contribution in [2.24, 2.45) is 0 Å². The van der Waals surface area contributed by atoms with Gasteiger partial charge in [0.1, 0.15) is 5.82 Å². The van der Waals surface area contributed by atoms with Gasteiger partial charge in [0.2, 0.25) is 0 Å². The van der Waals surface area contributed by atoms with E-state index in [-0.39, 0.29) is 5.91 Å². The quantitative estimate of drug-likeness (QED) is 0.890. The zero-order valence-corrected chi connectivity index (χ0v) is 11.9. The monoisotopic (exact) mass is 284 g/mol. The van der Waals surface area contributed by atoms with E-state index < -0.39 is 5.82 Å². The van der Waals surface area contributed by atoms with Crippen molar-refractivity contribution in [1.82, 2.24) is 5.32 Å². The van der Waals surface area contributed by atoms with Crippen molar-refractivity contribution in [1.29, 1.82) is 0 Å². The lowest BCUT2D eigenvalue weighted by Gasteiger charge is -2.20. The van der Waals surface area contributed by atoms with Gasteiger partial charge in [-0.15, -0.1) is 0 Å². The van der Waals surface area contributed by atoms with Crippen LogP contribution >= 0.6 is 0 Å². The molecule has 0 fully saturated rings. The molecule has 0 unspecified atom stereocenters. The van der Waals surface area contributed by atoms with Crippen molar-refractivity contribution in [3.63, 3.8) is 0 Å². The second kappa shape index (κ2) is 5.66. The Morgan fingerprint density at radius 2 is 2.14 bits per heavy atom. The summed E-state index contributed by atoms with van der Waals surface area (Å²) >= 11 is 0. The van der Waals surface area contributed by atoms with Crippen LogP contribution in [0.25, 0.3) is 0 Å². The molecule has 0 aliphatic carbocycles. The highest BCUT2D eigenvalue weighted by molar-refractivity contribution is 6.05. The normalized spacial score (nSPS) is 13.6. The molecule has 21 heavy (non-hydrogen) atoms. The van der Waals surface area contributed by atoms with Gasteiger partial charge in [0, 0.05) is 17.8 Å². The van der Waals surface area contributed by atoms with Crippen molar-refractivity contribution >= 4 is 11.6 Å². The van der Waals surface area contributed by atoms with Crippen LogP contribution in [0.3, 0.4) is 0 Å². The Kier molecular flexibility index (Phi) is 3.71. The lowest BCUT2D eigenvalue weighted by molar-refractivity contribution is 0.102. The van der Waals surface area contributed by atoms with Gasteiger partial charge in [-0.1, -0.05) is 18.2 Å². The zero-order chi connectivity index (χ0) is 14.8. The van der Waals surface area contributed by atoms with Gasteiger partial charge in [0.05, 0.1) is 0 Å². The number of hydrogen-bond donors (Lipinski definition) is 2. The third-order valence-corrected chi connectivity index (χ3v) is 3.84. The molecule has 108 valence electrons. The van der Waals surface area contributed by atoms with Crippen LogP contribution in [0.5, 0.6) is 0 Å². The Labute approximate surface area is 123 Å². The van der Waals surface area contributed by atoms with E-state index in [2.05, 4.69) is 16.7 Å². The molecule has 0 atom stereocenters. The maximum atomic E-state index is 13.3. The van der Waals surface area contributed by atoms with E-state index >= 15 is 0 Å². The largest absolute Gasteiger partial charge is 0.322 e. The zero-order valence-electron chi connectivity index (χ0n) is 11.9. The van der Waals surface area contributed by atoms with E-state index in [1.165, 1.54) is 17.7 Å². The van der Waals surface area contributed by atoms with E-state index in [0.717, 1.165) is 36.3 Å². The summed E-state index contributed by atoms with van der Waals surface area (Å²) in [4.78, 5) is 12.4. The number of rotatable bonds is 2. The maximum Gasteiger partial charge on any atom is 0.256 e. The summed E-state index contributed by atoms with van der Waals surface area (Å²) in [5.74, 6) is -0.673. The SMILES string of the molecule is Cc1ccc(F)cc1C(=O)Nc1cccc2c1CNCC2. The Balaban J connectivity index is 1.90. The first-order chi connectivity index (χ1) is 10.1. The smallest absolute Gasteiger partial charge is 0.256 e. The van der Waals surface area contributed by atoms with Crippen LogP contribution < -0.4 is 10.6 Å². The van der Waals surface area contributed by atoms with Crippen molar-refractivity contribution < 1.29 is 9.18 Å². The summed E-state index contributed by atoms with van der Waals surface area (Å²) in [6.45, 7) is 3.50. The standard InChI is InChI=1S/C17H17FN2O/c1-11-5-6-13(18)9-14(11)17(21)20-16-4-2-3-12-7-8-19-10-15(12)16/h2-6,9,19H,7-8,10H2,1H3,(H,20,21). The highest BCUT2D eigenvalue weighted by atomic mass is 19.1. The van der Waals surface area contributed by atoms with Crippen molar-refractivity contribution in [2.45, 2.75) is 19.9 Å². The molecule has 0 saturated heterocycles. The number of carbonyl (C=O) groups excluding carboxylic acids is 1. The number of carbonyl (C=O) groups is 1. The lowest BCUT2D eigenvalue weighted by Crippen LogP contribution is -2.25. The van der Waals surface area contributed by atoms with Gasteiger partial charge in [-0.05, 0) is 54.8 Å². The molecule has 3 nitrogen and oxygen atoms in total. The van der Waals surface area contributed by atoms with Gasteiger partial charge in [0.25, 0.3) is 5.91 Å².